The minimum absolute atomic E-state index is 0.149. The highest BCUT2D eigenvalue weighted by Crippen LogP contribution is 2.30. The third kappa shape index (κ3) is 7.31. The summed E-state index contributed by atoms with van der Waals surface area (Å²) in [4.78, 5) is 36.7. The molecular weight excluding hydrogens is 505 g/mol. The molecule has 0 aliphatic heterocycles. The number of carbonyl (C=O) groups excluding carboxylic acids is 3. The zero-order valence-electron chi connectivity index (χ0n) is 19.5. The van der Waals surface area contributed by atoms with Crippen molar-refractivity contribution in [3.63, 3.8) is 0 Å². The van der Waals surface area contributed by atoms with Crippen molar-refractivity contribution in [1.29, 1.82) is 0 Å². The highest BCUT2D eigenvalue weighted by atomic mass is 35.5. The Morgan fingerprint density at radius 2 is 1.67 bits per heavy atom. The number of halogens is 2. The van der Waals surface area contributed by atoms with Crippen LogP contribution in [0.15, 0.2) is 65.8 Å². The van der Waals surface area contributed by atoms with Gasteiger partial charge >= 0.3 is 17.8 Å². The van der Waals surface area contributed by atoms with Gasteiger partial charge < -0.3 is 14.8 Å². The molecule has 0 saturated carbocycles. The first-order valence-electron chi connectivity index (χ1n) is 11.0. The molecule has 3 aromatic rings. The molecule has 0 heterocycles. The monoisotopic (exact) mass is 527 g/mol. The van der Waals surface area contributed by atoms with Crippen LogP contribution in [0.5, 0.6) is 11.5 Å². The van der Waals surface area contributed by atoms with Crippen LogP contribution in [0.4, 0.5) is 5.69 Å². The number of hydrogen-bond donors (Lipinski definition) is 2. The molecule has 3 aromatic carbocycles. The molecule has 0 spiro atoms. The maximum Gasteiger partial charge on any atom is 0.345 e. The molecular formula is C26H23Cl2N3O5. The van der Waals surface area contributed by atoms with Gasteiger partial charge in [-0.05, 0) is 73.0 Å². The molecule has 0 fully saturated rings. The van der Waals surface area contributed by atoms with E-state index in [0.717, 1.165) is 12.0 Å². The van der Waals surface area contributed by atoms with E-state index in [1.807, 2.05) is 19.1 Å². The Kier molecular flexibility index (Phi) is 9.44. The van der Waals surface area contributed by atoms with E-state index in [1.165, 1.54) is 30.5 Å². The van der Waals surface area contributed by atoms with Crippen molar-refractivity contribution < 1.29 is 23.9 Å². The first-order chi connectivity index (χ1) is 17.3. The molecule has 0 bridgehead atoms. The number of ether oxygens (including phenoxy) is 2. The normalized spacial score (nSPS) is 10.7. The molecule has 0 aliphatic rings. The second kappa shape index (κ2) is 12.7. The van der Waals surface area contributed by atoms with Crippen LogP contribution in [-0.4, -0.2) is 30.6 Å². The fraction of sp³-hybridized carbons (Fsp3) is 0.154. The van der Waals surface area contributed by atoms with Crippen molar-refractivity contribution >= 4 is 52.9 Å². The Balaban J connectivity index is 1.63. The van der Waals surface area contributed by atoms with E-state index >= 15 is 0 Å². The first-order valence-corrected chi connectivity index (χ1v) is 11.7. The van der Waals surface area contributed by atoms with Crippen LogP contribution in [0.1, 0.15) is 35.3 Å². The summed E-state index contributed by atoms with van der Waals surface area (Å²) in [5.41, 5.74) is 4.46. The summed E-state index contributed by atoms with van der Waals surface area (Å²) in [6.45, 7) is 4.11. The van der Waals surface area contributed by atoms with Gasteiger partial charge in [0.15, 0.2) is 11.5 Å². The highest BCUT2D eigenvalue weighted by Gasteiger charge is 2.17. The Bertz CT molecular complexity index is 1290. The highest BCUT2D eigenvalue weighted by molar-refractivity contribution is 6.39. The lowest BCUT2D eigenvalue weighted by atomic mass is 10.1. The Hall–Kier alpha value is -3.88. The van der Waals surface area contributed by atoms with Gasteiger partial charge in [-0.25, -0.2) is 10.2 Å². The molecule has 186 valence electrons. The van der Waals surface area contributed by atoms with Gasteiger partial charge in [-0.15, -0.1) is 0 Å². The number of nitrogens with zero attached hydrogens (tertiary/aromatic N) is 1. The van der Waals surface area contributed by atoms with Crippen molar-refractivity contribution in [3.8, 4) is 11.5 Å². The van der Waals surface area contributed by atoms with Crippen LogP contribution in [-0.2, 0) is 16.0 Å². The minimum atomic E-state index is -0.929. The maximum atomic E-state index is 12.5. The second-order valence-electron chi connectivity index (χ2n) is 7.36. The first kappa shape index (κ1) is 26.7. The van der Waals surface area contributed by atoms with E-state index in [0.29, 0.717) is 22.9 Å². The maximum absolute atomic E-state index is 12.5. The fourth-order valence-electron chi connectivity index (χ4n) is 3.00. The van der Waals surface area contributed by atoms with Gasteiger partial charge in [0.05, 0.1) is 23.4 Å². The summed E-state index contributed by atoms with van der Waals surface area (Å²) in [7, 11) is 0. The van der Waals surface area contributed by atoms with Crippen molar-refractivity contribution in [2.24, 2.45) is 5.10 Å². The molecule has 0 aromatic heterocycles. The molecule has 8 nitrogen and oxygen atoms in total. The van der Waals surface area contributed by atoms with E-state index in [4.69, 9.17) is 32.7 Å². The minimum Gasteiger partial charge on any atom is -0.490 e. The van der Waals surface area contributed by atoms with Crippen LogP contribution in [0.2, 0.25) is 10.0 Å². The van der Waals surface area contributed by atoms with Crippen LogP contribution in [0.25, 0.3) is 0 Å². The quantitative estimate of drug-likeness (QED) is 0.136. The number of anilines is 1. The third-order valence-corrected chi connectivity index (χ3v) is 5.38. The molecule has 0 saturated heterocycles. The van der Waals surface area contributed by atoms with Crippen molar-refractivity contribution in [2.45, 2.75) is 20.3 Å². The summed E-state index contributed by atoms with van der Waals surface area (Å²) in [6, 6.07) is 16.3. The van der Waals surface area contributed by atoms with Crippen LogP contribution >= 0.6 is 23.2 Å². The number of hydrazone groups is 1. The van der Waals surface area contributed by atoms with Crippen molar-refractivity contribution in [2.75, 3.05) is 11.9 Å². The van der Waals surface area contributed by atoms with Gasteiger partial charge in [-0.1, -0.05) is 42.3 Å². The lowest BCUT2D eigenvalue weighted by molar-refractivity contribution is -0.136. The number of carbonyl (C=O) groups is 3. The number of hydrogen-bond acceptors (Lipinski definition) is 6. The summed E-state index contributed by atoms with van der Waals surface area (Å²) in [6.07, 6.45) is 2.19. The lowest BCUT2D eigenvalue weighted by Crippen LogP contribution is -2.32. The number of benzene rings is 3. The smallest absolute Gasteiger partial charge is 0.345 e. The zero-order valence-corrected chi connectivity index (χ0v) is 21.0. The lowest BCUT2D eigenvalue weighted by Gasteiger charge is -2.12. The number of aryl methyl sites for hydroxylation is 1. The van der Waals surface area contributed by atoms with Gasteiger partial charge in [-0.2, -0.15) is 5.10 Å². The Morgan fingerprint density at radius 3 is 2.33 bits per heavy atom. The topological polar surface area (TPSA) is 106 Å². The SMILES string of the molecule is CCOc1cc(/C=N/NC(=O)C(=O)Nc2ccc(CC)cc2)ccc1OC(=O)c1ccc(Cl)cc1Cl. The molecule has 2 amide bonds. The van der Waals surface area contributed by atoms with E-state index in [9.17, 15) is 14.4 Å². The Labute approximate surface area is 218 Å². The summed E-state index contributed by atoms with van der Waals surface area (Å²) >= 11 is 12.0. The average molecular weight is 528 g/mol. The summed E-state index contributed by atoms with van der Waals surface area (Å²) in [5.74, 6) is -2.01. The molecule has 3 rings (SSSR count). The molecule has 10 heteroatoms. The molecule has 0 aliphatic carbocycles. The largest absolute Gasteiger partial charge is 0.490 e. The van der Waals surface area contributed by atoms with E-state index in [-0.39, 0.29) is 22.1 Å². The van der Waals surface area contributed by atoms with E-state index < -0.39 is 17.8 Å². The second-order valence-corrected chi connectivity index (χ2v) is 8.20. The van der Waals surface area contributed by atoms with Gasteiger partial charge in [0.25, 0.3) is 0 Å². The standard InChI is InChI=1S/C26H23Cl2N3O5/c1-3-16-5-9-19(10-6-16)30-24(32)25(33)31-29-15-17-7-12-22(23(13-17)35-4-2)36-26(34)20-11-8-18(27)14-21(20)28/h5-15H,3-4H2,1-2H3,(H,30,32)(H,31,33)/b29-15+. The van der Waals surface area contributed by atoms with E-state index in [1.54, 1.807) is 31.2 Å². The summed E-state index contributed by atoms with van der Waals surface area (Å²) in [5, 5.41) is 6.87. The zero-order chi connectivity index (χ0) is 26.1. The van der Waals surface area contributed by atoms with Crippen molar-refractivity contribution in [3.05, 3.63) is 87.4 Å². The number of amides is 2. The van der Waals surface area contributed by atoms with Gasteiger partial charge in [0, 0.05) is 10.7 Å². The summed E-state index contributed by atoms with van der Waals surface area (Å²) < 4.78 is 11.0. The number of nitrogens with one attached hydrogen (secondary N) is 2. The molecule has 2 N–H and O–H groups in total. The Morgan fingerprint density at radius 1 is 0.917 bits per heavy atom. The third-order valence-electron chi connectivity index (χ3n) is 4.83. The van der Waals surface area contributed by atoms with Gasteiger partial charge in [0.2, 0.25) is 0 Å². The van der Waals surface area contributed by atoms with Crippen molar-refractivity contribution in [1.82, 2.24) is 5.43 Å². The van der Waals surface area contributed by atoms with Crippen LogP contribution in [0.3, 0.4) is 0 Å². The number of esters is 1. The van der Waals surface area contributed by atoms with Crippen LogP contribution < -0.4 is 20.2 Å². The molecule has 0 atom stereocenters. The predicted octanol–water partition coefficient (Wildman–Crippen LogP) is 5.26. The number of rotatable bonds is 8. The fourth-order valence-corrected chi connectivity index (χ4v) is 3.48. The van der Waals surface area contributed by atoms with Crippen LogP contribution in [0, 0.1) is 0 Å². The van der Waals surface area contributed by atoms with Gasteiger partial charge in [-0.3, -0.25) is 9.59 Å². The van der Waals surface area contributed by atoms with Gasteiger partial charge in [0.1, 0.15) is 0 Å². The predicted molar refractivity (Wildman–Crippen MR) is 139 cm³/mol. The molecule has 0 radical (unpaired) electrons. The van der Waals surface area contributed by atoms with E-state index in [2.05, 4.69) is 15.8 Å². The molecule has 36 heavy (non-hydrogen) atoms. The molecule has 0 unspecified atom stereocenters. The average Bonchev–Trinajstić information content (AvgIpc) is 2.86.